The minimum absolute atomic E-state index is 0.000770. The molecule has 150 valence electrons. The summed E-state index contributed by atoms with van der Waals surface area (Å²) in [6, 6.07) is 5.51. The van der Waals surface area contributed by atoms with E-state index in [9.17, 15) is 4.79 Å². The summed E-state index contributed by atoms with van der Waals surface area (Å²) in [6.07, 6.45) is 3.86. The number of aryl methyl sites for hydroxylation is 1. The van der Waals surface area contributed by atoms with Crippen molar-refractivity contribution in [3.8, 4) is 11.5 Å². The first kappa shape index (κ1) is 18.8. The molecule has 0 radical (unpaired) electrons. The number of carbonyl (C=O) groups is 1. The molecule has 4 rings (SSSR count). The number of amides is 1. The molecule has 1 fully saturated rings. The molecule has 8 heteroatoms. The van der Waals surface area contributed by atoms with Crippen LogP contribution in [0, 0.1) is 6.92 Å². The summed E-state index contributed by atoms with van der Waals surface area (Å²) in [4.78, 5) is 21.3. The van der Waals surface area contributed by atoms with E-state index < -0.39 is 0 Å². The van der Waals surface area contributed by atoms with Crippen molar-refractivity contribution in [1.29, 1.82) is 0 Å². The molecule has 0 saturated carbocycles. The van der Waals surface area contributed by atoms with Gasteiger partial charge in [0, 0.05) is 63.4 Å². The number of rotatable bonds is 6. The highest BCUT2D eigenvalue weighted by atomic mass is 16.6. The molecule has 0 aliphatic carbocycles. The van der Waals surface area contributed by atoms with Gasteiger partial charge in [0.1, 0.15) is 19.0 Å². The van der Waals surface area contributed by atoms with Crippen molar-refractivity contribution in [3.05, 3.63) is 36.4 Å². The predicted octanol–water partition coefficient (Wildman–Crippen LogP) is 1.22. The van der Waals surface area contributed by atoms with Crippen LogP contribution in [0.25, 0.3) is 0 Å². The van der Waals surface area contributed by atoms with Crippen LogP contribution in [0.3, 0.4) is 0 Å². The van der Waals surface area contributed by atoms with E-state index in [0.717, 1.165) is 56.5 Å². The first-order valence-corrected chi connectivity index (χ1v) is 9.79. The maximum atomic E-state index is 12.4. The molecule has 3 heterocycles. The summed E-state index contributed by atoms with van der Waals surface area (Å²) in [6.45, 7) is 9.25. The molecule has 0 spiro atoms. The molecule has 2 aliphatic rings. The van der Waals surface area contributed by atoms with Crippen molar-refractivity contribution >= 4 is 11.6 Å². The van der Waals surface area contributed by atoms with Gasteiger partial charge in [-0.15, -0.1) is 0 Å². The van der Waals surface area contributed by atoms with Crippen molar-refractivity contribution in [2.75, 3.05) is 57.8 Å². The SMILES string of the molecule is Cc1nccn1CCN1CCN(CC(=O)Nc2ccc3c(c2)OCCO3)CC1. The fourth-order valence-electron chi connectivity index (χ4n) is 3.58. The molecule has 28 heavy (non-hydrogen) atoms. The lowest BCUT2D eigenvalue weighted by molar-refractivity contribution is -0.117. The first-order valence-electron chi connectivity index (χ1n) is 9.79. The standard InChI is InChI=1S/C20H27N5O3/c1-16-21-4-5-25(16)11-10-23-6-8-24(9-7-23)15-20(26)22-17-2-3-18-19(14-17)28-13-12-27-18/h2-5,14H,6-13,15H2,1H3,(H,22,26). The zero-order valence-electron chi connectivity index (χ0n) is 16.3. The minimum atomic E-state index is -0.000770. The normalized spacial score (nSPS) is 17.5. The van der Waals surface area contributed by atoms with Crippen LogP contribution in [-0.4, -0.2) is 77.7 Å². The Balaban J connectivity index is 1.20. The lowest BCUT2D eigenvalue weighted by Gasteiger charge is -2.34. The average Bonchev–Trinajstić information content (AvgIpc) is 3.12. The number of imidazole rings is 1. The highest BCUT2D eigenvalue weighted by Gasteiger charge is 2.19. The third kappa shape index (κ3) is 4.63. The number of hydrogen-bond acceptors (Lipinski definition) is 6. The first-order chi connectivity index (χ1) is 13.7. The zero-order valence-corrected chi connectivity index (χ0v) is 16.3. The highest BCUT2D eigenvalue weighted by molar-refractivity contribution is 5.92. The molecule has 0 bridgehead atoms. The number of carbonyl (C=O) groups excluding carboxylic acids is 1. The van der Waals surface area contributed by atoms with Crippen molar-refractivity contribution in [1.82, 2.24) is 19.4 Å². The van der Waals surface area contributed by atoms with Gasteiger partial charge in [0.15, 0.2) is 11.5 Å². The molecule has 1 aromatic heterocycles. The van der Waals surface area contributed by atoms with Crippen molar-refractivity contribution in [2.45, 2.75) is 13.5 Å². The second kappa shape index (κ2) is 8.62. The number of piperazine rings is 1. The average molecular weight is 385 g/mol. The molecule has 2 aliphatic heterocycles. The van der Waals surface area contributed by atoms with Gasteiger partial charge in [-0.2, -0.15) is 0 Å². The van der Waals surface area contributed by atoms with Gasteiger partial charge in [-0.05, 0) is 19.1 Å². The molecule has 1 saturated heterocycles. The minimum Gasteiger partial charge on any atom is -0.486 e. The lowest BCUT2D eigenvalue weighted by Crippen LogP contribution is -2.49. The predicted molar refractivity (Wildman–Crippen MR) is 106 cm³/mol. The fraction of sp³-hybridized carbons (Fsp3) is 0.500. The number of benzene rings is 1. The number of anilines is 1. The van der Waals surface area contributed by atoms with Gasteiger partial charge in [0.2, 0.25) is 5.91 Å². The molecular formula is C20H27N5O3. The summed E-state index contributed by atoms with van der Waals surface area (Å²) in [5.41, 5.74) is 0.739. The number of nitrogens with one attached hydrogen (secondary N) is 1. The number of aromatic nitrogens is 2. The molecule has 0 atom stereocenters. The van der Waals surface area contributed by atoms with Crippen LogP contribution in [0.1, 0.15) is 5.82 Å². The quantitative estimate of drug-likeness (QED) is 0.806. The van der Waals surface area contributed by atoms with Gasteiger partial charge in [-0.3, -0.25) is 14.6 Å². The topological polar surface area (TPSA) is 71.9 Å². The largest absolute Gasteiger partial charge is 0.486 e. The Hall–Kier alpha value is -2.58. The Morgan fingerprint density at radius 3 is 2.57 bits per heavy atom. The smallest absolute Gasteiger partial charge is 0.238 e. The van der Waals surface area contributed by atoms with Gasteiger partial charge in [0.25, 0.3) is 0 Å². The number of fused-ring (bicyclic) bond motifs is 1. The van der Waals surface area contributed by atoms with Crippen molar-refractivity contribution < 1.29 is 14.3 Å². The Morgan fingerprint density at radius 2 is 1.82 bits per heavy atom. The third-order valence-electron chi connectivity index (χ3n) is 5.24. The maximum absolute atomic E-state index is 12.4. The third-order valence-corrected chi connectivity index (χ3v) is 5.24. The van der Waals surface area contributed by atoms with E-state index in [4.69, 9.17) is 9.47 Å². The Kier molecular flexibility index (Phi) is 5.78. The Bertz CT molecular complexity index is 814. The summed E-state index contributed by atoms with van der Waals surface area (Å²) in [5.74, 6) is 2.46. The summed E-state index contributed by atoms with van der Waals surface area (Å²) in [7, 11) is 0. The molecule has 8 nitrogen and oxygen atoms in total. The van der Waals surface area contributed by atoms with Crippen molar-refractivity contribution in [2.24, 2.45) is 0 Å². The van der Waals surface area contributed by atoms with E-state index in [1.807, 2.05) is 37.5 Å². The van der Waals surface area contributed by atoms with E-state index >= 15 is 0 Å². The molecule has 0 unspecified atom stereocenters. The van der Waals surface area contributed by atoms with Crippen molar-refractivity contribution in [3.63, 3.8) is 0 Å². The second-order valence-corrected chi connectivity index (χ2v) is 7.19. The molecular weight excluding hydrogens is 358 g/mol. The fourth-order valence-corrected chi connectivity index (χ4v) is 3.58. The van der Waals surface area contributed by atoms with E-state index in [2.05, 4.69) is 24.7 Å². The number of nitrogens with zero attached hydrogens (tertiary/aromatic N) is 4. The Morgan fingerprint density at radius 1 is 1.07 bits per heavy atom. The van der Waals surface area contributed by atoms with Crippen LogP contribution >= 0.6 is 0 Å². The van der Waals surface area contributed by atoms with Crippen LogP contribution in [0.5, 0.6) is 11.5 Å². The number of hydrogen-bond donors (Lipinski definition) is 1. The van der Waals surface area contributed by atoms with Crippen LogP contribution in [0.2, 0.25) is 0 Å². The van der Waals surface area contributed by atoms with E-state index in [1.54, 1.807) is 0 Å². The highest BCUT2D eigenvalue weighted by Crippen LogP contribution is 2.32. The van der Waals surface area contributed by atoms with E-state index in [1.165, 1.54) is 0 Å². The Labute approximate surface area is 165 Å². The summed E-state index contributed by atoms with van der Waals surface area (Å²) < 4.78 is 13.2. The lowest BCUT2D eigenvalue weighted by atomic mass is 10.2. The monoisotopic (exact) mass is 385 g/mol. The summed E-state index contributed by atoms with van der Waals surface area (Å²) in [5, 5.41) is 2.96. The second-order valence-electron chi connectivity index (χ2n) is 7.19. The van der Waals surface area contributed by atoms with Gasteiger partial charge in [-0.25, -0.2) is 4.98 Å². The molecule has 1 N–H and O–H groups in total. The molecule has 1 amide bonds. The number of ether oxygens (including phenoxy) is 2. The maximum Gasteiger partial charge on any atom is 0.238 e. The van der Waals surface area contributed by atoms with Gasteiger partial charge in [-0.1, -0.05) is 0 Å². The van der Waals surface area contributed by atoms with Crippen LogP contribution < -0.4 is 14.8 Å². The van der Waals surface area contributed by atoms with Crippen LogP contribution in [0.4, 0.5) is 5.69 Å². The van der Waals surface area contributed by atoms with Gasteiger partial charge < -0.3 is 19.4 Å². The van der Waals surface area contributed by atoms with Crippen LogP contribution in [-0.2, 0) is 11.3 Å². The van der Waals surface area contributed by atoms with Crippen LogP contribution in [0.15, 0.2) is 30.6 Å². The van der Waals surface area contributed by atoms with Gasteiger partial charge >= 0.3 is 0 Å². The van der Waals surface area contributed by atoms with E-state index in [0.29, 0.717) is 25.5 Å². The zero-order chi connectivity index (χ0) is 19.3. The molecule has 2 aromatic rings. The summed E-state index contributed by atoms with van der Waals surface area (Å²) >= 11 is 0. The van der Waals surface area contributed by atoms with E-state index in [-0.39, 0.29) is 5.91 Å². The van der Waals surface area contributed by atoms with Gasteiger partial charge in [0.05, 0.1) is 6.54 Å². The molecule has 1 aromatic carbocycles.